The van der Waals surface area contributed by atoms with Crippen LogP contribution in [-0.4, -0.2) is 18.1 Å². The van der Waals surface area contributed by atoms with E-state index in [2.05, 4.69) is 9.72 Å². The number of carbonyl (C=O) groups excluding carboxylic acids is 1. The zero-order chi connectivity index (χ0) is 10.7. The van der Waals surface area contributed by atoms with E-state index in [1.54, 1.807) is 18.4 Å². The maximum atomic E-state index is 10.8. The van der Waals surface area contributed by atoms with E-state index >= 15 is 0 Å². The Morgan fingerprint density at radius 3 is 3.13 bits per heavy atom. The van der Waals surface area contributed by atoms with Crippen molar-refractivity contribution in [2.24, 2.45) is 0 Å². The molecule has 0 aliphatic rings. The van der Waals surface area contributed by atoms with Gasteiger partial charge in [0.2, 0.25) is 5.71 Å². The molecule has 0 N–H and O–H groups in total. The molecule has 0 saturated heterocycles. The summed E-state index contributed by atoms with van der Waals surface area (Å²) in [5.74, 6) is -0.406. The van der Waals surface area contributed by atoms with E-state index in [1.807, 2.05) is 12.1 Å². The fourth-order valence-corrected chi connectivity index (χ4v) is 1.17. The number of aromatic nitrogens is 1. The monoisotopic (exact) mass is 203 g/mol. The first-order chi connectivity index (χ1) is 7.29. The van der Waals surface area contributed by atoms with Crippen LogP contribution >= 0.6 is 0 Å². The molecule has 4 nitrogen and oxygen atoms in total. The van der Waals surface area contributed by atoms with Crippen LogP contribution in [0.15, 0.2) is 35.0 Å². The number of esters is 1. The van der Waals surface area contributed by atoms with Crippen LogP contribution in [-0.2, 0) is 9.53 Å². The molecular formula is C11H9NO3. The number of hydrogen-bond acceptors (Lipinski definition) is 4. The van der Waals surface area contributed by atoms with Crippen molar-refractivity contribution in [3.63, 3.8) is 0 Å². The third-order valence-electron chi connectivity index (χ3n) is 1.93. The highest BCUT2D eigenvalue weighted by atomic mass is 16.5. The molecule has 76 valence electrons. The fourth-order valence-electron chi connectivity index (χ4n) is 1.17. The van der Waals surface area contributed by atoms with Gasteiger partial charge >= 0.3 is 5.97 Å². The standard InChI is InChI=1S/C11H9NO3/c1-14-10(13)5-4-9-3-2-8-6-7-15-11(8)12-9/h2-7H,1H3. The lowest BCUT2D eigenvalue weighted by molar-refractivity contribution is -0.134. The molecule has 15 heavy (non-hydrogen) atoms. The lowest BCUT2D eigenvalue weighted by Crippen LogP contribution is -1.93. The average Bonchev–Trinajstić information content (AvgIpc) is 2.72. The smallest absolute Gasteiger partial charge is 0.330 e. The van der Waals surface area contributed by atoms with E-state index in [1.165, 1.54) is 13.2 Å². The first kappa shape index (κ1) is 9.45. The molecule has 0 aliphatic heterocycles. The van der Waals surface area contributed by atoms with Crippen LogP contribution in [0.5, 0.6) is 0 Å². The Labute approximate surface area is 86.2 Å². The Bertz CT molecular complexity index is 513. The van der Waals surface area contributed by atoms with Gasteiger partial charge in [-0.25, -0.2) is 9.78 Å². The number of furan rings is 1. The molecule has 2 aromatic rings. The minimum Gasteiger partial charge on any atom is -0.466 e. The SMILES string of the molecule is COC(=O)C=Cc1ccc2ccoc2n1. The summed E-state index contributed by atoms with van der Waals surface area (Å²) in [7, 11) is 1.33. The summed E-state index contributed by atoms with van der Waals surface area (Å²) in [6.45, 7) is 0. The van der Waals surface area contributed by atoms with Crippen LogP contribution < -0.4 is 0 Å². The van der Waals surface area contributed by atoms with E-state index in [-0.39, 0.29) is 0 Å². The van der Waals surface area contributed by atoms with Crippen LogP contribution in [0.25, 0.3) is 17.2 Å². The van der Waals surface area contributed by atoms with Crippen molar-refractivity contribution in [3.8, 4) is 0 Å². The number of pyridine rings is 1. The first-order valence-corrected chi connectivity index (χ1v) is 4.40. The van der Waals surface area contributed by atoms with E-state index in [9.17, 15) is 4.79 Å². The molecule has 4 heteroatoms. The molecule has 0 atom stereocenters. The quantitative estimate of drug-likeness (QED) is 0.553. The summed E-state index contributed by atoms with van der Waals surface area (Å²) in [6.07, 6.45) is 4.47. The maximum Gasteiger partial charge on any atom is 0.330 e. The minimum absolute atomic E-state index is 0.406. The molecule has 2 aromatic heterocycles. The van der Waals surface area contributed by atoms with Crippen LogP contribution in [0.1, 0.15) is 5.69 Å². The van der Waals surface area contributed by atoms with Crippen molar-refractivity contribution in [2.45, 2.75) is 0 Å². The Morgan fingerprint density at radius 2 is 2.33 bits per heavy atom. The molecule has 0 fully saturated rings. The third-order valence-corrected chi connectivity index (χ3v) is 1.93. The van der Waals surface area contributed by atoms with Gasteiger partial charge in [0.05, 0.1) is 19.1 Å². The Kier molecular flexibility index (Phi) is 2.49. The highest BCUT2D eigenvalue weighted by molar-refractivity contribution is 5.87. The molecule has 0 bridgehead atoms. The summed E-state index contributed by atoms with van der Waals surface area (Å²) < 4.78 is 9.60. The van der Waals surface area contributed by atoms with Crippen molar-refractivity contribution in [3.05, 3.63) is 36.2 Å². The van der Waals surface area contributed by atoms with Crippen molar-refractivity contribution >= 4 is 23.1 Å². The Hall–Kier alpha value is -2.10. The predicted octanol–water partition coefficient (Wildman–Crippen LogP) is 2.01. The zero-order valence-electron chi connectivity index (χ0n) is 8.14. The van der Waals surface area contributed by atoms with Gasteiger partial charge in [0, 0.05) is 11.5 Å². The molecule has 0 aromatic carbocycles. The number of methoxy groups -OCH3 is 1. The molecule has 2 heterocycles. The summed E-state index contributed by atoms with van der Waals surface area (Å²) in [4.78, 5) is 15.0. The van der Waals surface area contributed by atoms with Gasteiger partial charge in [0.25, 0.3) is 0 Å². The van der Waals surface area contributed by atoms with Gasteiger partial charge in [-0.15, -0.1) is 0 Å². The van der Waals surface area contributed by atoms with E-state index in [4.69, 9.17) is 4.42 Å². The van der Waals surface area contributed by atoms with Gasteiger partial charge in [0.15, 0.2) is 0 Å². The molecular weight excluding hydrogens is 194 g/mol. The highest BCUT2D eigenvalue weighted by Gasteiger charge is 1.98. The van der Waals surface area contributed by atoms with Gasteiger partial charge in [-0.3, -0.25) is 0 Å². The molecule has 0 spiro atoms. The second kappa shape index (κ2) is 3.96. The summed E-state index contributed by atoms with van der Waals surface area (Å²) in [5, 5.41) is 0.935. The van der Waals surface area contributed by atoms with Crippen LogP contribution in [0.2, 0.25) is 0 Å². The van der Waals surface area contributed by atoms with E-state index in [0.29, 0.717) is 11.4 Å². The number of hydrogen-bond donors (Lipinski definition) is 0. The van der Waals surface area contributed by atoms with E-state index in [0.717, 1.165) is 5.39 Å². The fraction of sp³-hybridized carbons (Fsp3) is 0.0909. The van der Waals surface area contributed by atoms with Gasteiger partial charge in [0.1, 0.15) is 0 Å². The summed E-state index contributed by atoms with van der Waals surface area (Å²) >= 11 is 0. The number of fused-ring (bicyclic) bond motifs is 1. The maximum absolute atomic E-state index is 10.8. The second-order valence-corrected chi connectivity index (χ2v) is 2.91. The summed E-state index contributed by atoms with van der Waals surface area (Å²) in [5.41, 5.74) is 1.21. The van der Waals surface area contributed by atoms with Crippen LogP contribution in [0.4, 0.5) is 0 Å². The first-order valence-electron chi connectivity index (χ1n) is 4.40. The lowest BCUT2D eigenvalue weighted by atomic mass is 10.3. The Balaban J connectivity index is 2.28. The van der Waals surface area contributed by atoms with Crippen molar-refractivity contribution in [2.75, 3.05) is 7.11 Å². The van der Waals surface area contributed by atoms with Crippen molar-refractivity contribution in [1.29, 1.82) is 0 Å². The van der Waals surface area contributed by atoms with Gasteiger partial charge < -0.3 is 9.15 Å². The van der Waals surface area contributed by atoms with E-state index < -0.39 is 5.97 Å². The molecule has 0 radical (unpaired) electrons. The largest absolute Gasteiger partial charge is 0.466 e. The lowest BCUT2D eigenvalue weighted by Gasteiger charge is -1.92. The van der Waals surface area contributed by atoms with Crippen LogP contribution in [0, 0.1) is 0 Å². The number of nitrogens with zero attached hydrogens (tertiary/aromatic N) is 1. The second-order valence-electron chi connectivity index (χ2n) is 2.91. The predicted molar refractivity (Wildman–Crippen MR) is 55.1 cm³/mol. The Morgan fingerprint density at radius 1 is 1.47 bits per heavy atom. The number of ether oxygens (including phenoxy) is 1. The molecule has 0 aliphatic carbocycles. The number of carbonyl (C=O) groups is 1. The zero-order valence-corrected chi connectivity index (χ0v) is 8.14. The van der Waals surface area contributed by atoms with Crippen molar-refractivity contribution < 1.29 is 13.9 Å². The molecule has 0 amide bonds. The number of rotatable bonds is 2. The van der Waals surface area contributed by atoms with Crippen molar-refractivity contribution in [1.82, 2.24) is 4.98 Å². The normalized spacial score (nSPS) is 11.0. The average molecular weight is 203 g/mol. The third kappa shape index (κ3) is 2.04. The van der Waals surface area contributed by atoms with Gasteiger partial charge in [-0.2, -0.15) is 0 Å². The molecule has 0 saturated carbocycles. The highest BCUT2D eigenvalue weighted by Crippen LogP contribution is 2.13. The molecule has 2 rings (SSSR count). The molecule has 0 unspecified atom stereocenters. The minimum atomic E-state index is -0.406. The summed E-state index contributed by atoms with van der Waals surface area (Å²) in [6, 6.07) is 5.51. The topological polar surface area (TPSA) is 52.3 Å². The van der Waals surface area contributed by atoms with Gasteiger partial charge in [-0.1, -0.05) is 0 Å². The van der Waals surface area contributed by atoms with Gasteiger partial charge in [-0.05, 0) is 24.3 Å². The van der Waals surface area contributed by atoms with Crippen LogP contribution in [0.3, 0.4) is 0 Å².